The molecular weight excluding hydrogens is 326 g/mol. The average molecular weight is 354 g/mol. The maximum atomic E-state index is 4.97. The maximum absolute atomic E-state index is 4.97. The molecule has 3 rings (SSSR count). The van der Waals surface area contributed by atoms with Gasteiger partial charge in [-0.25, -0.2) is 4.68 Å². The Balaban J connectivity index is 1.82. The van der Waals surface area contributed by atoms with Crippen LogP contribution in [0.2, 0.25) is 0 Å². The Morgan fingerprint density at radius 2 is 1.95 bits per heavy atom. The third-order valence-corrected chi connectivity index (χ3v) is 6.17. The summed E-state index contributed by atoms with van der Waals surface area (Å²) in [5.74, 6) is 2.07. The summed E-state index contributed by atoms with van der Waals surface area (Å²) >= 11 is 3.83. The predicted octanol–water partition coefficient (Wildman–Crippen LogP) is 5.31. The second-order valence-corrected chi connectivity index (χ2v) is 7.60. The number of fused-ring (bicyclic) bond motifs is 1. The van der Waals surface area contributed by atoms with E-state index in [4.69, 9.17) is 5.10 Å². The van der Waals surface area contributed by atoms with Crippen LogP contribution in [0.25, 0.3) is 0 Å². The largest absolute Gasteiger partial charge is 0.367 e. The zero-order valence-corrected chi connectivity index (χ0v) is 15.0. The van der Waals surface area contributed by atoms with Gasteiger partial charge in [-0.1, -0.05) is 46.0 Å². The molecule has 0 amide bonds. The molecule has 2 atom stereocenters. The first kappa shape index (κ1) is 15.4. The topological polar surface area (TPSA) is 29.9 Å². The number of rotatable bonds is 4. The van der Waals surface area contributed by atoms with Gasteiger partial charge in [0, 0.05) is 6.04 Å². The lowest BCUT2D eigenvalue weighted by atomic mass is 9.86. The van der Waals surface area contributed by atoms with Crippen LogP contribution < -0.4 is 5.32 Å². The van der Waals surface area contributed by atoms with Crippen LogP contribution in [0.15, 0.2) is 4.47 Å². The molecule has 4 heteroatoms. The number of aromatic nitrogens is 2. The minimum atomic E-state index is 0.558. The minimum Gasteiger partial charge on any atom is -0.367 e. The van der Waals surface area contributed by atoms with Crippen molar-refractivity contribution < 1.29 is 0 Å². The van der Waals surface area contributed by atoms with E-state index in [0.717, 1.165) is 12.3 Å². The molecular formula is C17H28BrN3. The first-order valence-corrected chi connectivity index (χ1v) is 9.55. The molecule has 2 heterocycles. The average Bonchev–Trinajstić information content (AvgIpc) is 2.84. The lowest BCUT2D eigenvalue weighted by Gasteiger charge is -2.31. The minimum absolute atomic E-state index is 0.558. The quantitative estimate of drug-likeness (QED) is 0.794. The van der Waals surface area contributed by atoms with Crippen LogP contribution in [0.3, 0.4) is 0 Å². The fourth-order valence-corrected chi connectivity index (χ4v) is 4.48. The Bertz CT molecular complexity index is 477. The first-order chi connectivity index (χ1) is 10.2. The van der Waals surface area contributed by atoms with Crippen LogP contribution in [0.1, 0.15) is 76.9 Å². The van der Waals surface area contributed by atoms with E-state index in [2.05, 4.69) is 39.8 Å². The van der Waals surface area contributed by atoms with Gasteiger partial charge in [-0.15, -0.1) is 0 Å². The van der Waals surface area contributed by atoms with Crippen molar-refractivity contribution in [1.82, 2.24) is 9.78 Å². The first-order valence-electron chi connectivity index (χ1n) is 8.76. The van der Waals surface area contributed by atoms with Crippen molar-refractivity contribution in [2.75, 3.05) is 5.32 Å². The normalized spacial score (nSPS) is 26.4. The van der Waals surface area contributed by atoms with E-state index in [-0.39, 0.29) is 0 Å². The molecule has 0 bridgehead atoms. The van der Waals surface area contributed by atoms with Gasteiger partial charge in [0.15, 0.2) is 0 Å². The van der Waals surface area contributed by atoms with Crippen molar-refractivity contribution in [3.05, 3.63) is 10.2 Å². The van der Waals surface area contributed by atoms with Gasteiger partial charge in [0.1, 0.15) is 5.82 Å². The van der Waals surface area contributed by atoms with E-state index in [1.54, 1.807) is 0 Å². The van der Waals surface area contributed by atoms with Crippen LogP contribution in [0, 0.1) is 5.92 Å². The lowest BCUT2D eigenvalue weighted by molar-refractivity contribution is 0.343. The van der Waals surface area contributed by atoms with Gasteiger partial charge in [0.25, 0.3) is 0 Å². The number of nitrogens with zero attached hydrogens (tertiary/aromatic N) is 2. The lowest BCUT2D eigenvalue weighted by Crippen LogP contribution is -2.31. The molecule has 21 heavy (non-hydrogen) atoms. The van der Waals surface area contributed by atoms with E-state index in [1.165, 1.54) is 67.4 Å². The van der Waals surface area contributed by atoms with Crippen molar-refractivity contribution in [2.45, 2.75) is 83.7 Å². The molecule has 1 aliphatic carbocycles. The molecule has 0 radical (unpaired) electrons. The molecule has 0 aromatic carbocycles. The monoisotopic (exact) mass is 353 g/mol. The second-order valence-electron chi connectivity index (χ2n) is 6.81. The third kappa shape index (κ3) is 3.15. The zero-order valence-electron chi connectivity index (χ0n) is 13.4. The number of halogens is 1. The summed E-state index contributed by atoms with van der Waals surface area (Å²) in [7, 11) is 0. The van der Waals surface area contributed by atoms with E-state index in [0.29, 0.717) is 12.1 Å². The molecule has 2 unspecified atom stereocenters. The molecule has 3 nitrogen and oxygen atoms in total. The Labute approximate surface area is 137 Å². The van der Waals surface area contributed by atoms with Crippen LogP contribution in [-0.2, 0) is 6.42 Å². The number of hydrogen-bond acceptors (Lipinski definition) is 2. The fraction of sp³-hybridized carbons (Fsp3) is 0.824. The molecule has 1 fully saturated rings. The van der Waals surface area contributed by atoms with Gasteiger partial charge in [0.05, 0.1) is 16.2 Å². The van der Waals surface area contributed by atoms with Crippen molar-refractivity contribution in [3.63, 3.8) is 0 Å². The second kappa shape index (κ2) is 6.72. The van der Waals surface area contributed by atoms with E-state index >= 15 is 0 Å². The van der Waals surface area contributed by atoms with Gasteiger partial charge in [-0.05, 0) is 47.5 Å². The highest BCUT2D eigenvalue weighted by Gasteiger charge is 2.29. The molecule has 1 aromatic heterocycles. The zero-order chi connectivity index (χ0) is 14.8. The SMILES string of the molecule is CCC1CC(CC)n2nc(CC3CCCCC3)c(Br)c2N1. The van der Waals surface area contributed by atoms with Crippen LogP contribution in [0.5, 0.6) is 0 Å². The smallest absolute Gasteiger partial charge is 0.139 e. The maximum Gasteiger partial charge on any atom is 0.139 e. The molecule has 0 saturated heterocycles. The predicted molar refractivity (Wildman–Crippen MR) is 91.9 cm³/mol. The number of anilines is 1. The van der Waals surface area contributed by atoms with Crippen LogP contribution in [0.4, 0.5) is 5.82 Å². The molecule has 1 aliphatic heterocycles. The molecule has 1 saturated carbocycles. The Morgan fingerprint density at radius 3 is 2.62 bits per heavy atom. The van der Waals surface area contributed by atoms with E-state index in [9.17, 15) is 0 Å². The Morgan fingerprint density at radius 1 is 1.19 bits per heavy atom. The van der Waals surface area contributed by atoms with Crippen molar-refractivity contribution in [1.29, 1.82) is 0 Å². The van der Waals surface area contributed by atoms with Crippen molar-refractivity contribution >= 4 is 21.7 Å². The Hall–Kier alpha value is -0.510. The summed E-state index contributed by atoms with van der Waals surface area (Å²) < 4.78 is 3.48. The van der Waals surface area contributed by atoms with E-state index in [1.807, 2.05) is 0 Å². The summed E-state index contributed by atoms with van der Waals surface area (Å²) in [4.78, 5) is 0. The molecule has 1 N–H and O–H groups in total. The van der Waals surface area contributed by atoms with Crippen LogP contribution in [-0.4, -0.2) is 15.8 Å². The summed E-state index contributed by atoms with van der Waals surface area (Å²) in [6.45, 7) is 4.55. The summed E-state index contributed by atoms with van der Waals surface area (Å²) in [6, 6.07) is 1.15. The van der Waals surface area contributed by atoms with E-state index < -0.39 is 0 Å². The van der Waals surface area contributed by atoms with Gasteiger partial charge >= 0.3 is 0 Å². The van der Waals surface area contributed by atoms with Gasteiger partial charge < -0.3 is 5.32 Å². The fourth-order valence-electron chi connectivity index (χ4n) is 3.94. The summed E-state index contributed by atoms with van der Waals surface area (Å²) in [6.07, 6.45) is 11.7. The molecule has 2 aliphatic rings. The molecule has 118 valence electrons. The molecule has 1 aromatic rings. The number of nitrogens with one attached hydrogen (secondary N) is 1. The molecule has 0 spiro atoms. The van der Waals surface area contributed by atoms with Crippen molar-refractivity contribution in [3.8, 4) is 0 Å². The summed E-state index contributed by atoms with van der Waals surface area (Å²) in [5, 5.41) is 8.66. The highest BCUT2D eigenvalue weighted by Crippen LogP contribution is 2.38. The summed E-state index contributed by atoms with van der Waals surface area (Å²) in [5.41, 5.74) is 1.28. The Kier molecular flexibility index (Phi) is 4.92. The van der Waals surface area contributed by atoms with Gasteiger partial charge in [0.2, 0.25) is 0 Å². The third-order valence-electron chi connectivity index (χ3n) is 5.33. The van der Waals surface area contributed by atoms with Crippen molar-refractivity contribution in [2.24, 2.45) is 5.92 Å². The van der Waals surface area contributed by atoms with Gasteiger partial charge in [-0.3, -0.25) is 0 Å². The number of hydrogen-bond donors (Lipinski definition) is 1. The highest BCUT2D eigenvalue weighted by molar-refractivity contribution is 9.10. The standard InChI is InChI=1S/C17H28BrN3/c1-3-13-11-14(4-2)21-17(19-13)16(18)15(20-21)10-12-8-6-5-7-9-12/h12-14,19H,3-11H2,1-2H3. The van der Waals surface area contributed by atoms with Gasteiger partial charge in [-0.2, -0.15) is 5.10 Å². The highest BCUT2D eigenvalue weighted by atomic mass is 79.9. The van der Waals surface area contributed by atoms with Crippen LogP contribution >= 0.6 is 15.9 Å².